The Morgan fingerprint density at radius 1 is 0.381 bits per heavy atom. The van der Waals surface area contributed by atoms with Crippen LogP contribution < -0.4 is 0 Å². The second-order valence-electron chi connectivity index (χ2n) is 11.2. The molecule has 0 fully saturated rings. The second kappa shape index (κ2) is 7.96. The van der Waals surface area contributed by atoms with Gasteiger partial charge in [-0.1, -0.05) is 78.9 Å². The highest BCUT2D eigenvalue weighted by molar-refractivity contribution is 6.32. The van der Waals surface area contributed by atoms with Crippen molar-refractivity contribution in [3.05, 3.63) is 140 Å². The average Bonchev–Trinajstić information content (AvgIpc) is 3.56. The molecule has 0 saturated carbocycles. The predicted octanol–water partition coefficient (Wildman–Crippen LogP) is 10.2. The Hall–Kier alpha value is -5.67. The smallest absolute Gasteiger partial charge is 0.0724 e. The van der Waals surface area contributed by atoms with Crippen LogP contribution in [0.5, 0.6) is 0 Å². The van der Waals surface area contributed by atoms with Crippen LogP contribution in [0.2, 0.25) is 0 Å². The largest absolute Gasteiger partial charge is 0.309 e. The van der Waals surface area contributed by atoms with Crippen molar-refractivity contribution in [2.75, 3.05) is 0 Å². The number of hydrogen-bond donors (Lipinski definition) is 0. The molecule has 3 aromatic heterocycles. The predicted molar refractivity (Wildman–Crippen MR) is 177 cm³/mol. The van der Waals surface area contributed by atoms with Crippen LogP contribution in [0.15, 0.2) is 140 Å². The van der Waals surface area contributed by atoms with Crippen LogP contribution in [-0.2, 0) is 0 Å². The molecule has 0 saturated heterocycles. The highest BCUT2D eigenvalue weighted by atomic mass is 15.0. The molecule has 0 aliphatic rings. The number of nitrogens with zero attached hydrogens (tertiary/aromatic N) is 3. The van der Waals surface area contributed by atoms with E-state index in [2.05, 4.69) is 142 Å². The van der Waals surface area contributed by atoms with E-state index in [1.807, 2.05) is 12.4 Å². The van der Waals surface area contributed by atoms with E-state index in [9.17, 15) is 0 Å². The lowest BCUT2D eigenvalue weighted by Crippen LogP contribution is -1.97. The lowest BCUT2D eigenvalue weighted by molar-refractivity contribution is 1.14. The molecule has 7 aromatic carbocycles. The molecule has 0 amide bonds. The van der Waals surface area contributed by atoms with Gasteiger partial charge in [0.25, 0.3) is 0 Å². The standard InChI is InChI=1S/C39H23N3/c1-3-10-33-29(8-1)30-9-2-4-11-34(30)41(33)27-15-17-28(18-16-27)42-35-22-26-13-12-24-6-5-7-25-14-19-32(38(26)37(24)25)39(35)31-20-21-40-23-36(31)42/h1-23H. The lowest BCUT2D eigenvalue weighted by atomic mass is 9.92. The molecule has 0 spiro atoms. The summed E-state index contributed by atoms with van der Waals surface area (Å²) >= 11 is 0. The maximum Gasteiger partial charge on any atom is 0.0724 e. The first-order chi connectivity index (χ1) is 20.8. The molecule has 10 aromatic rings. The number of pyridine rings is 1. The monoisotopic (exact) mass is 533 g/mol. The normalized spacial score (nSPS) is 12.3. The highest BCUT2D eigenvalue weighted by Gasteiger charge is 2.19. The number of rotatable bonds is 2. The van der Waals surface area contributed by atoms with Gasteiger partial charge in [0.1, 0.15) is 0 Å². The zero-order valence-electron chi connectivity index (χ0n) is 22.6. The van der Waals surface area contributed by atoms with Crippen LogP contribution in [-0.4, -0.2) is 14.1 Å². The Kier molecular flexibility index (Phi) is 4.18. The van der Waals surface area contributed by atoms with Gasteiger partial charge in [-0.25, -0.2) is 0 Å². The van der Waals surface area contributed by atoms with E-state index in [-0.39, 0.29) is 0 Å². The summed E-state index contributed by atoms with van der Waals surface area (Å²) in [7, 11) is 0. The van der Waals surface area contributed by atoms with Gasteiger partial charge in [0, 0.05) is 39.1 Å². The van der Waals surface area contributed by atoms with E-state index >= 15 is 0 Å². The number of fused-ring (bicyclic) bond motifs is 7. The van der Waals surface area contributed by atoms with Gasteiger partial charge in [-0.05, 0) is 80.8 Å². The minimum atomic E-state index is 1.12. The molecule has 3 heterocycles. The van der Waals surface area contributed by atoms with E-state index in [4.69, 9.17) is 0 Å². The van der Waals surface area contributed by atoms with Crippen molar-refractivity contribution < 1.29 is 0 Å². The van der Waals surface area contributed by atoms with Crippen LogP contribution in [0, 0.1) is 0 Å². The highest BCUT2D eigenvalue weighted by Crippen LogP contribution is 2.43. The van der Waals surface area contributed by atoms with Crippen LogP contribution in [0.25, 0.3) is 87.3 Å². The summed E-state index contributed by atoms with van der Waals surface area (Å²) in [6, 6.07) is 46.5. The maximum absolute atomic E-state index is 4.56. The van der Waals surface area contributed by atoms with Gasteiger partial charge >= 0.3 is 0 Å². The summed E-state index contributed by atoms with van der Waals surface area (Å²) in [5.74, 6) is 0. The fourth-order valence-corrected chi connectivity index (χ4v) is 7.39. The fraction of sp³-hybridized carbons (Fsp3) is 0. The zero-order valence-corrected chi connectivity index (χ0v) is 22.6. The molecule has 0 aliphatic heterocycles. The van der Waals surface area contributed by atoms with E-state index < -0.39 is 0 Å². The van der Waals surface area contributed by atoms with Gasteiger partial charge in [-0.3, -0.25) is 4.98 Å². The second-order valence-corrected chi connectivity index (χ2v) is 11.2. The van der Waals surface area contributed by atoms with Crippen LogP contribution in [0.1, 0.15) is 0 Å². The van der Waals surface area contributed by atoms with Crippen molar-refractivity contribution in [3.63, 3.8) is 0 Å². The Morgan fingerprint density at radius 3 is 1.71 bits per heavy atom. The van der Waals surface area contributed by atoms with Crippen molar-refractivity contribution in [2.45, 2.75) is 0 Å². The first kappa shape index (κ1) is 22.1. The molecule has 3 heteroatoms. The molecule has 0 radical (unpaired) electrons. The maximum atomic E-state index is 4.56. The van der Waals surface area contributed by atoms with Crippen LogP contribution in [0.4, 0.5) is 0 Å². The topological polar surface area (TPSA) is 22.8 Å². The minimum absolute atomic E-state index is 1.12. The summed E-state index contributed by atoms with van der Waals surface area (Å²) in [4.78, 5) is 4.56. The molecular weight excluding hydrogens is 510 g/mol. The summed E-state index contributed by atoms with van der Waals surface area (Å²) in [6.45, 7) is 0. The first-order valence-electron chi connectivity index (χ1n) is 14.4. The van der Waals surface area contributed by atoms with E-state index in [1.165, 1.54) is 70.4 Å². The average molecular weight is 534 g/mol. The third-order valence-electron chi connectivity index (χ3n) is 9.12. The summed E-state index contributed by atoms with van der Waals surface area (Å²) in [6.07, 6.45) is 3.92. The van der Waals surface area contributed by atoms with Crippen molar-refractivity contribution in [1.82, 2.24) is 14.1 Å². The van der Waals surface area contributed by atoms with E-state index in [1.54, 1.807) is 0 Å². The summed E-state index contributed by atoms with van der Waals surface area (Å²) < 4.78 is 4.74. The van der Waals surface area contributed by atoms with Crippen LogP contribution >= 0.6 is 0 Å². The van der Waals surface area contributed by atoms with Gasteiger partial charge in [-0.2, -0.15) is 0 Å². The summed E-state index contributed by atoms with van der Waals surface area (Å²) in [5, 5.41) is 12.9. The summed E-state index contributed by atoms with van der Waals surface area (Å²) in [5.41, 5.74) is 7.03. The Balaban J connectivity index is 1.26. The molecule has 0 N–H and O–H groups in total. The molecule has 0 atom stereocenters. The molecule has 10 rings (SSSR count). The van der Waals surface area contributed by atoms with Crippen molar-refractivity contribution in [2.24, 2.45) is 0 Å². The van der Waals surface area contributed by atoms with Gasteiger partial charge in [0.15, 0.2) is 0 Å². The first-order valence-corrected chi connectivity index (χ1v) is 14.4. The third-order valence-corrected chi connectivity index (χ3v) is 9.12. The van der Waals surface area contributed by atoms with Gasteiger partial charge in [-0.15, -0.1) is 0 Å². The van der Waals surface area contributed by atoms with Gasteiger partial charge in [0.05, 0.1) is 28.3 Å². The zero-order chi connectivity index (χ0) is 27.4. The molecular formula is C39H23N3. The number of aromatic nitrogens is 3. The van der Waals surface area contributed by atoms with Gasteiger partial charge < -0.3 is 9.13 Å². The number of hydrogen-bond acceptors (Lipinski definition) is 1. The van der Waals surface area contributed by atoms with Gasteiger partial charge in [0.2, 0.25) is 0 Å². The fourth-order valence-electron chi connectivity index (χ4n) is 7.39. The molecule has 0 aliphatic carbocycles. The number of para-hydroxylation sites is 2. The van der Waals surface area contributed by atoms with Crippen molar-refractivity contribution >= 4 is 75.9 Å². The lowest BCUT2D eigenvalue weighted by Gasteiger charge is -2.14. The van der Waals surface area contributed by atoms with Crippen LogP contribution in [0.3, 0.4) is 0 Å². The Bertz CT molecular complexity index is 2600. The van der Waals surface area contributed by atoms with E-state index in [0.29, 0.717) is 0 Å². The Morgan fingerprint density at radius 2 is 1.00 bits per heavy atom. The third kappa shape index (κ3) is 2.77. The minimum Gasteiger partial charge on any atom is -0.309 e. The molecule has 3 nitrogen and oxygen atoms in total. The van der Waals surface area contributed by atoms with E-state index in [0.717, 1.165) is 16.9 Å². The molecule has 42 heavy (non-hydrogen) atoms. The molecule has 0 bridgehead atoms. The molecule has 0 unspecified atom stereocenters. The van der Waals surface area contributed by atoms with Crippen molar-refractivity contribution in [1.29, 1.82) is 0 Å². The molecule has 194 valence electrons. The van der Waals surface area contributed by atoms with Crippen molar-refractivity contribution in [3.8, 4) is 11.4 Å². The quantitative estimate of drug-likeness (QED) is 0.203. The SMILES string of the molecule is c1cc2ccc3cc4c(c5ccc(c1)c2c35)c1ccncc1n4-c1ccc(-n2c3ccccc3c3ccccc32)cc1. The number of benzene rings is 7. The Labute approximate surface area is 240 Å².